The number of aromatic nitrogens is 1. The number of nitrogen functional groups attached to an aromatic ring is 1. The van der Waals surface area contributed by atoms with Gasteiger partial charge in [-0.05, 0) is 30.3 Å². The molecule has 0 amide bonds. The Labute approximate surface area is 114 Å². The van der Waals surface area contributed by atoms with Crippen LogP contribution in [0.1, 0.15) is 15.9 Å². The van der Waals surface area contributed by atoms with Crippen molar-refractivity contribution in [3.8, 4) is 0 Å². The van der Waals surface area contributed by atoms with Gasteiger partial charge in [0, 0.05) is 23.9 Å². The molecule has 2 aromatic carbocycles. The summed E-state index contributed by atoms with van der Waals surface area (Å²) in [5.74, 6) is -0.596. The van der Waals surface area contributed by atoms with Crippen molar-refractivity contribution in [2.45, 2.75) is 0 Å². The summed E-state index contributed by atoms with van der Waals surface area (Å²) in [6.07, 6.45) is 0. The summed E-state index contributed by atoms with van der Waals surface area (Å²) in [6, 6.07) is 11.7. The molecule has 100 valence electrons. The van der Waals surface area contributed by atoms with Gasteiger partial charge in [0.15, 0.2) is 11.4 Å². The van der Waals surface area contributed by atoms with Crippen LogP contribution in [-0.2, 0) is 7.05 Å². The van der Waals surface area contributed by atoms with Crippen molar-refractivity contribution < 1.29 is 9.21 Å². The molecule has 3 aromatic rings. The van der Waals surface area contributed by atoms with E-state index in [-0.39, 0.29) is 5.78 Å². The summed E-state index contributed by atoms with van der Waals surface area (Å²) in [5.41, 5.74) is 8.26. The van der Waals surface area contributed by atoms with Crippen LogP contribution in [0.5, 0.6) is 0 Å². The first-order chi connectivity index (χ1) is 9.56. The van der Waals surface area contributed by atoms with Crippen LogP contribution >= 0.6 is 0 Å². The van der Waals surface area contributed by atoms with Gasteiger partial charge in [-0.25, -0.2) is 4.79 Å². The van der Waals surface area contributed by atoms with Gasteiger partial charge in [0.25, 0.3) is 0 Å². The number of hydrogen-bond acceptors (Lipinski definition) is 4. The number of rotatable bonds is 2. The van der Waals surface area contributed by atoms with Gasteiger partial charge in [-0.15, -0.1) is 0 Å². The van der Waals surface area contributed by atoms with Crippen LogP contribution in [0.25, 0.3) is 11.1 Å². The maximum Gasteiger partial charge on any atom is 0.419 e. The minimum absolute atomic E-state index is 0.146. The van der Waals surface area contributed by atoms with Crippen molar-refractivity contribution in [3.63, 3.8) is 0 Å². The maximum absolute atomic E-state index is 12.4. The number of nitrogens with zero attached hydrogens (tertiary/aromatic N) is 1. The van der Waals surface area contributed by atoms with E-state index in [1.165, 1.54) is 4.57 Å². The van der Waals surface area contributed by atoms with E-state index in [4.69, 9.17) is 10.2 Å². The topological polar surface area (TPSA) is 78.2 Å². The molecule has 2 N–H and O–H groups in total. The molecule has 0 aliphatic carbocycles. The van der Waals surface area contributed by atoms with E-state index in [1.54, 1.807) is 49.5 Å². The van der Waals surface area contributed by atoms with Gasteiger partial charge in [0.1, 0.15) is 0 Å². The monoisotopic (exact) mass is 268 g/mol. The number of carbonyl (C=O) groups is 1. The van der Waals surface area contributed by atoms with Gasteiger partial charge in [0.2, 0.25) is 0 Å². The predicted molar refractivity (Wildman–Crippen MR) is 75.7 cm³/mol. The highest BCUT2D eigenvalue weighted by atomic mass is 16.4. The molecule has 0 bridgehead atoms. The molecule has 0 unspecified atom stereocenters. The van der Waals surface area contributed by atoms with E-state index in [1.807, 2.05) is 0 Å². The van der Waals surface area contributed by atoms with Crippen molar-refractivity contribution in [1.29, 1.82) is 0 Å². The van der Waals surface area contributed by atoms with Gasteiger partial charge >= 0.3 is 5.76 Å². The highest BCUT2D eigenvalue weighted by molar-refractivity contribution is 6.10. The summed E-state index contributed by atoms with van der Waals surface area (Å²) >= 11 is 0. The van der Waals surface area contributed by atoms with Crippen LogP contribution < -0.4 is 11.5 Å². The highest BCUT2D eigenvalue weighted by Gasteiger charge is 2.13. The third-order valence-corrected chi connectivity index (χ3v) is 3.20. The van der Waals surface area contributed by atoms with Crippen molar-refractivity contribution in [2.75, 3.05) is 5.73 Å². The molecule has 20 heavy (non-hydrogen) atoms. The molecule has 0 saturated heterocycles. The van der Waals surface area contributed by atoms with Crippen LogP contribution in [0.4, 0.5) is 5.69 Å². The fourth-order valence-corrected chi connectivity index (χ4v) is 2.11. The van der Waals surface area contributed by atoms with Crippen molar-refractivity contribution in [2.24, 2.45) is 7.05 Å². The lowest BCUT2D eigenvalue weighted by Gasteiger charge is -2.02. The highest BCUT2D eigenvalue weighted by Crippen LogP contribution is 2.18. The normalized spacial score (nSPS) is 10.8. The van der Waals surface area contributed by atoms with E-state index < -0.39 is 5.76 Å². The number of carbonyl (C=O) groups excluding carboxylic acids is 1. The molecule has 0 atom stereocenters. The standard InChI is InChI=1S/C15H12N2O3/c1-17-12-8-10(5-6-13(12)20-15(17)19)14(18)9-3-2-4-11(16)7-9/h2-8H,16H2,1H3. The number of ketones is 1. The molecule has 0 fully saturated rings. The Balaban J connectivity index is 2.12. The first-order valence-electron chi connectivity index (χ1n) is 6.06. The van der Waals surface area contributed by atoms with E-state index >= 15 is 0 Å². The van der Waals surface area contributed by atoms with E-state index in [9.17, 15) is 9.59 Å². The number of oxazole rings is 1. The van der Waals surface area contributed by atoms with Gasteiger partial charge in [0.05, 0.1) is 5.52 Å². The van der Waals surface area contributed by atoms with Crippen LogP contribution in [0, 0.1) is 0 Å². The SMILES string of the molecule is Cn1c(=O)oc2ccc(C(=O)c3cccc(N)c3)cc21. The van der Waals surface area contributed by atoms with Crippen LogP contribution in [-0.4, -0.2) is 10.4 Å². The second-order valence-corrected chi connectivity index (χ2v) is 4.56. The Morgan fingerprint density at radius 2 is 1.90 bits per heavy atom. The largest absolute Gasteiger partial charge is 0.419 e. The fraction of sp³-hybridized carbons (Fsp3) is 0.0667. The van der Waals surface area contributed by atoms with Crippen molar-refractivity contribution in [1.82, 2.24) is 4.57 Å². The zero-order valence-electron chi connectivity index (χ0n) is 10.8. The number of hydrogen-bond donors (Lipinski definition) is 1. The summed E-state index contributed by atoms with van der Waals surface area (Å²) in [5, 5.41) is 0. The summed E-state index contributed by atoms with van der Waals surface area (Å²) in [6.45, 7) is 0. The molecule has 0 spiro atoms. The lowest BCUT2D eigenvalue weighted by molar-refractivity contribution is 0.103. The Bertz CT molecular complexity index is 874. The lowest BCUT2D eigenvalue weighted by atomic mass is 10.0. The number of aryl methyl sites for hydroxylation is 1. The molecule has 0 aliphatic rings. The fourth-order valence-electron chi connectivity index (χ4n) is 2.11. The number of fused-ring (bicyclic) bond motifs is 1. The molecule has 0 aliphatic heterocycles. The second-order valence-electron chi connectivity index (χ2n) is 4.56. The van der Waals surface area contributed by atoms with Gasteiger partial charge in [-0.3, -0.25) is 9.36 Å². The molecule has 1 aromatic heterocycles. The Morgan fingerprint density at radius 1 is 1.15 bits per heavy atom. The Kier molecular flexibility index (Phi) is 2.68. The van der Waals surface area contributed by atoms with Gasteiger partial charge in [-0.2, -0.15) is 0 Å². The number of anilines is 1. The van der Waals surface area contributed by atoms with Crippen molar-refractivity contribution in [3.05, 3.63) is 64.1 Å². The van der Waals surface area contributed by atoms with Gasteiger partial charge < -0.3 is 10.2 Å². The molecule has 5 heteroatoms. The quantitative estimate of drug-likeness (QED) is 0.569. The summed E-state index contributed by atoms with van der Waals surface area (Å²) in [4.78, 5) is 23.8. The van der Waals surface area contributed by atoms with E-state index in [0.29, 0.717) is 27.9 Å². The molecule has 3 rings (SSSR count). The molecule has 0 saturated carbocycles. The van der Waals surface area contributed by atoms with Crippen LogP contribution in [0.3, 0.4) is 0 Å². The minimum Gasteiger partial charge on any atom is -0.408 e. The summed E-state index contributed by atoms with van der Waals surface area (Å²) < 4.78 is 6.40. The average molecular weight is 268 g/mol. The molecular formula is C15H12N2O3. The second kappa shape index (κ2) is 4.38. The third-order valence-electron chi connectivity index (χ3n) is 3.20. The van der Waals surface area contributed by atoms with Crippen molar-refractivity contribution >= 4 is 22.6 Å². The number of benzene rings is 2. The van der Waals surface area contributed by atoms with Crippen LogP contribution in [0.15, 0.2) is 51.7 Å². The summed E-state index contributed by atoms with van der Waals surface area (Å²) in [7, 11) is 1.60. The Hall–Kier alpha value is -2.82. The first-order valence-corrected chi connectivity index (χ1v) is 6.06. The third kappa shape index (κ3) is 1.89. The lowest BCUT2D eigenvalue weighted by Crippen LogP contribution is -2.08. The molecular weight excluding hydrogens is 256 g/mol. The molecule has 5 nitrogen and oxygen atoms in total. The molecule has 1 heterocycles. The zero-order valence-corrected chi connectivity index (χ0v) is 10.8. The van der Waals surface area contributed by atoms with Crippen LogP contribution in [0.2, 0.25) is 0 Å². The van der Waals surface area contributed by atoms with E-state index in [2.05, 4.69) is 0 Å². The Morgan fingerprint density at radius 3 is 2.65 bits per heavy atom. The average Bonchev–Trinajstić information content (AvgIpc) is 2.73. The minimum atomic E-state index is -0.450. The zero-order chi connectivity index (χ0) is 14.3. The smallest absolute Gasteiger partial charge is 0.408 e. The maximum atomic E-state index is 12.4. The first kappa shape index (κ1) is 12.2. The molecule has 0 radical (unpaired) electrons. The number of nitrogens with two attached hydrogens (primary N) is 1. The predicted octanol–water partition coefficient (Wildman–Crippen LogP) is 1.94. The van der Waals surface area contributed by atoms with Gasteiger partial charge in [-0.1, -0.05) is 12.1 Å². The van der Waals surface area contributed by atoms with E-state index in [0.717, 1.165) is 0 Å².